The number of carbonyl (C=O) groups is 1. The van der Waals surface area contributed by atoms with Crippen LogP contribution < -0.4 is 10.5 Å². The minimum atomic E-state index is -0.247. The lowest BCUT2D eigenvalue weighted by molar-refractivity contribution is -0.118. The molecule has 88 valence electrons. The van der Waals surface area contributed by atoms with Crippen LogP contribution in [-0.4, -0.2) is 13.0 Å². The van der Waals surface area contributed by atoms with E-state index in [4.69, 9.17) is 10.5 Å². The maximum absolute atomic E-state index is 10.7. The molecule has 0 fully saturated rings. The molecule has 0 radical (unpaired) electrons. The summed E-state index contributed by atoms with van der Waals surface area (Å²) in [4.78, 5) is 10.7. The van der Waals surface area contributed by atoms with E-state index >= 15 is 0 Å². The van der Waals surface area contributed by atoms with Gasteiger partial charge in [0.1, 0.15) is 5.75 Å². The fraction of sp³-hybridized carbons (Fsp3) is 0.462. The molecule has 0 atom stereocenters. The minimum absolute atomic E-state index is 0.247. The van der Waals surface area contributed by atoms with Crippen molar-refractivity contribution in [1.29, 1.82) is 0 Å². The second kappa shape index (κ2) is 5.54. The Labute approximate surface area is 96.6 Å². The van der Waals surface area contributed by atoms with Crippen LogP contribution in [0.5, 0.6) is 5.75 Å². The van der Waals surface area contributed by atoms with Gasteiger partial charge in [-0.3, -0.25) is 4.79 Å². The van der Waals surface area contributed by atoms with E-state index < -0.39 is 0 Å². The number of rotatable bonds is 5. The Balaban J connectivity index is 2.77. The molecule has 0 unspecified atom stereocenters. The molecule has 0 aliphatic heterocycles. The van der Waals surface area contributed by atoms with Gasteiger partial charge < -0.3 is 10.5 Å². The summed E-state index contributed by atoms with van der Waals surface area (Å²) < 4.78 is 5.32. The van der Waals surface area contributed by atoms with Crippen LogP contribution in [0.15, 0.2) is 12.1 Å². The van der Waals surface area contributed by atoms with E-state index in [1.54, 1.807) is 7.11 Å². The first-order valence-electron chi connectivity index (χ1n) is 5.47. The summed E-state index contributed by atoms with van der Waals surface area (Å²) in [5.41, 5.74) is 8.72. The molecule has 1 aromatic rings. The number of ether oxygens (including phenoxy) is 1. The molecule has 0 aromatic heterocycles. The standard InChI is InChI=1S/C13H19NO2/c1-9-7-11(5-4-6-13(14)15)12(16-3)8-10(9)2/h7-8H,4-6H2,1-3H3,(H2,14,15). The zero-order valence-corrected chi connectivity index (χ0v) is 10.2. The molecule has 0 aliphatic rings. The Morgan fingerprint density at radius 1 is 1.31 bits per heavy atom. The molecular formula is C13H19NO2. The predicted molar refractivity (Wildman–Crippen MR) is 64.6 cm³/mol. The molecule has 0 saturated carbocycles. The number of amides is 1. The summed E-state index contributed by atoms with van der Waals surface area (Å²) in [5.74, 6) is 0.648. The third-order valence-electron chi connectivity index (χ3n) is 2.77. The van der Waals surface area contributed by atoms with E-state index in [0.29, 0.717) is 6.42 Å². The first kappa shape index (κ1) is 12.6. The molecule has 3 heteroatoms. The SMILES string of the molecule is COc1cc(C)c(C)cc1CCCC(N)=O. The number of carbonyl (C=O) groups excluding carboxylic acids is 1. The van der Waals surface area contributed by atoms with Gasteiger partial charge in [-0.15, -0.1) is 0 Å². The summed E-state index contributed by atoms with van der Waals surface area (Å²) >= 11 is 0. The van der Waals surface area contributed by atoms with Crippen LogP contribution in [0.4, 0.5) is 0 Å². The van der Waals surface area contributed by atoms with E-state index in [1.165, 1.54) is 11.1 Å². The van der Waals surface area contributed by atoms with Crippen molar-refractivity contribution in [3.63, 3.8) is 0 Å². The van der Waals surface area contributed by atoms with Crippen LogP contribution in [0.3, 0.4) is 0 Å². The summed E-state index contributed by atoms with van der Waals surface area (Å²) in [6.45, 7) is 4.14. The van der Waals surface area contributed by atoms with Gasteiger partial charge in [-0.1, -0.05) is 6.07 Å². The van der Waals surface area contributed by atoms with Crippen molar-refractivity contribution in [3.8, 4) is 5.75 Å². The van der Waals surface area contributed by atoms with Gasteiger partial charge in [0.15, 0.2) is 0 Å². The molecule has 0 heterocycles. The maximum atomic E-state index is 10.7. The fourth-order valence-corrected chi connectivity index (χ4v) is 1.69. The lowest BCUT2D eigenvalue weighted by atomic mass is 10.0. The number of aryl methyl sites for hydroxylation is 3. The summed E-state index contributed by atoms with van der Waals surface area (Å²) in [5, 5.41) is 0. The van der Waals surface area contributed by atoms with Gasteiger partial charge in [-0.25, -0.2) is 0 Å². The monoisotopic (exact) mass is 221 g/mol. The topological polar surface area (TPSA) is 52.3 Å². The van der Waals surface area contributed by atoms with Crippen molar-refractivity contribution < 1.29 is 9.53 Å². The van der Waals surface area contributed by atoms with Gasteiger partial charge in [0.05, 0.1) is 7.11 Å². The third-order valence-corrected chi connectivity index (χ3v) is 2.77. The van der Waals surface area contributed by atoms with E-state index in [-0.39, 0.29) is 5.91 Å². The first-order chi connectivity index (χ1) is 7.54. The van der Waals surface area contributed by atoms with Crippen LogP contribution in [0.1, 0.15) is 29.5 Å². The first-order valence-corrected chi connectivity index (χ1v) is 5.47. The number of primary amides is 1. The highest BCUT2D eigenvalue weighted by Gasteiger charge is 2.06. The highest BCUT2D eigenvalue weighted by Crippen LogP contribution is 2.24. The Morgan fingerprint density at radius 2 is 1.94 bits per heavy atom. The highest BCUT2D eigenvalue weighted by molar-refractivity contribution is 5.73. The molecule has 3 nitrogen and oxygen atoms in total. The Bertz CT molecular complexity index is 386. The molecule has 1 amide bonds. The van der Waals surface area contributed by atoms with Crippen LogP contribution in [0.2, 0.25) is 0 Å². The van der Waals surface area contributed by atoms with Crippen molar-refractivity contribution in [2.45, 2.75) is 33.1 Å². The maximum Gasteiger partial charge on any atom is 0.217 e. The number of methoxy groups -OCH3 is 1. The molecule has 0 saturated heterocycles. The van der Waals surface area contributed by atoms with Gasteiger partial charge >= 0.3 is 0 Å². The smallest absolute Gasteiger partial charge is 0.217 e. The van der Waals surface area contributed by atoms with E-state index in [2.05, 4.69) is 19.9 Å². The molecule has 2 N–H and O–H groups in total. The predicted octanol–water partition coefficient (Wildman–Crippen LogP) is 2.12. The zero-order valence-electron chi connectivity index (χ0n) is 10.2. The van der Waals surface area contributed by atoms with E-state index in [0.717, 1.165) is 24.2 Å². The van der Waals surface area contributed by atoms with Gasteiger partial charge in [0.2, 0.25) is 5.91 Å². The number of hydrogen-bond acceptors (Lipinski definition) is 2. The van der Waals surface area contributed by atoms with Gasteiger partial charge in [0.25, 0.3) is 0 Å². The fourth-order valence-electron chi connectivity index (χ4n) is 1.69. The number of benzene rings is 1. The van der Waals surface area contributed by atoms with Crippen molar-refractivity contribution in [3.05, 3.63) is 28.8 Å². The zero-order chi connectivity index (χ0) is 12.1. The average molecular weight is 221 g/mol. The largest absolute Gasteiger partial charge is 0.496 e. The Kier molecular flexibility index (Phi) is 4.35. The normalized spacial score (nSPS) is 10.2. The van der Waals surface area contributed by atoms with E-state index in [1.807, 2.05) is 6.07 Å². The van der Waals surface area contributed by atoms with Crippen molar-refractivity contribution >= 4 is 5.91 Å². The highest BCUT2D eigenvalue weighted by atomic mass is 16.5. The van der Waals surface area contributed by atoms with Crippen molar-refractivity contribution in [2.75, 3.05) is 7.11 Å². The molecular weight excluding hydrogens is 202 g/mol. The van der Waals surface area contributed by atoms with Gasteiger partial charge in [-0.05, 0) is 49.4 Å². The molecule has 0 aliphatic carbocycles. The molecule has 0 bridgehead atoms. The van der Waals surface area contributed by atoms with Crippen molar-refractivity contribution in [2.24, 2.45) is 5.73 Å². The lowest BCUT2D eigenvalue weighted by Gasteiger charge is -2.11. The summed E-state index contributed by atoms with van der Waals surface area (Å²) in [7, 11) is 1.67. The van der Waals surface area contributed by atoms with Crippen LogP contribution in [-0.2, 0) is 11.2 Å². The Morgan fingerprint density at radius 3 is 2.50 bits per heavy atom. The molecule has 16 heavy (non-hydrogen) atoms. The van der Waals surface area contributed by atoms with Crippen LogP contribution in [0.25, 0.3) is 0 Å². The third kappa shape index (κ3) is 3.26. The molecule has 0 spiro atoms. The second-order valence-electron chi connectivity index (χ2n) is 4.07. The average Bonchev–Trinajstić information content (AvgIpc) is 2.22. The quantitative estimate of drug-likeness (QED) is 0.828. The Hall–Kier alpha value is -1.51. The minimum Gasteiger partial charge on any atom is -0.496 e. The number of nitrogens with two attached hydrogens (primary N) is 1. The summed E-state index contributed by atoms with van der Waals surface area (Å²) in [6, 6.07) is 4.16. The van der Waals surface area contributed by atoms with Crippen LogP contribution in [0, 0.1) is 13.8 Å². The number of hydrogen-bond donors (Lipinski definition) is 1. The van der Waals surface area contributed by atoms with Crippen molar-refractivity contribution in [1.82, 2.24) is 0 Å². The van der Waals surface area contributed by atoms with Crippen LogP contribution >= 0.6 is 0 Å². The van der Waals surface area contributed by atoms with E-state index in [9.17, 15) is 4.79 Å². The van der Waals surface area contributed by atoms with Gasteiger partial charge in [-0.2, -0.15) is 0 Å². The second-order valence-corrected chi connectivity index (χ2v) is 4.07. The van der Waals surface area contributed by atoms with Gasteiger partial charge in [0, 0.05) is 6.42 Å². The molecule has 1 rings (SSSR count). The summed E-state index contributed by atoms with van der Waals surface area (Å²) in [6.07, 6.45) is 2.03. The lowest BCUT2D eigenvalue weighted by Crippen LogP contribution is -2.10. The molecule has 1 aromatic carbocycles.